The van der Waals surface area contributed by atoms with E-state index in [0.717, 1.165) is 25.3 Å². The standard InChI is InChI=1S/C11H16N2O3/c1-2-3-4-5-6-9-12-13-10(16-9)7-8-11(14)15/h7-8H,2-6H2,1H3,(H,14,15)/b8-7+. The third-order valence-electron chi connectivity index (χ3n) is 2.10. The molecule has 0 bridgehead atoms. The molecular formula is C11H16N2O3. The maximum absolute atomic E-state index is 10.2. The smallest absolute Gasteiger partial charge is 0.328 e. The first-order valence-electron chi connectivity index (χ1n) is 5.45. The Hall–Kier alpha value is -1.65. The number of hydrogen-bond acceptors (Lipinski definition) is 4. The maximum atomic E-state index is 10.2. The topological polar surface area (TPSA) is 76.2 Å². The van der Waals surface area contributed by atoms with Gasteiger partial charge in [-0.2, -0.15) is 0 Å². The molecule has 5 nitrogen and oxygen atoms in total. The van der Waals surface area contributed by atoms with Crippen molar-refractivity contribution in [3.05, 3.63) is 17.9 Å². The molecule has 0 fully saturated rings. The van der Waals surface area contributed by atoms with Crippen molar-refractivity contribution in [3.8, 4) is 0 Å². The number of hydrogen-bond donors (Lipinski definition) is 1. The zero-order valence-electron chi connectivity index (χ0n) is 9.35. The fourth-order valence-electron chi connectivity index (χ4n) is 1.28. The summed E-state index contributed by atoms with van der Waals surface area (Å²) in [6.45, 7) is 2.15. The van der Waals surface area contributed by atoms with E-state index >= 15 is 0 Å². The molecular weight excluding hydrogens is 208 g/mol. The van der Waals surface area contributed by atoms with Crippen molar-refractivity contribution < 1.29 is 14.3 Å². The summed E-state index contributed by atoms with van der Waals surface area (Å²) in [4.78, 5) is 10.2. The third-order valence-corrected chi connectivity index (χ3v) is 2.10. The number of aliphatic carboxylic acids is 1. The molecule has 0 aromatic carbocycles. The SMILES string of the molecule is CCCCCCc1nnc(/C=C/C(=O)O)o1. The number of unbranched alkanes of at least 4 members (excludes halogenated alkanes) is 3. The molecule has 0 saturated carbocycles. The Morgan fingerprint density at radius 3 is 2.88 bits per heavy atom. The molecule has 0 radical (unpaired) electrons. The van der Waals surface area contributed by atoms with Crippen molar-refractivity contribution in [3.63, 3.8) is 0 Å². The molecule has 0 amide bonds. The predicted octanol–water partition coefficient (Wildman–Crippen LogP) is 2.29. The van der Waals surface area contributed by atoms with Crippen LogP contribution in [-0.2, 0) is 11.2 Å². The van der Waals surface area contributed by atoms with Gasteiger partial charge in [-0.25, -0.2) is 4.79 Å². The number of aromatic nitrogens is 2. The summed E-state index contributed by atoms with van der Waals surface area (Å²) in [5.74, 6) is -0.211. The molecule has 0 atom stereocenters. The molecule has 5 heteroatoms. The van der Waals surface area contributed by atoms with Crippen LogP contribution in [0.5, 0.6) is 0 Å². The minimum absolute atomic E-state index is 0.243. The molecule has 0 spiro atoms. The number of carboxylic acids is 1. The average Bonchev–Trinajstić information content (AvgIpc) is 2.70. The van der Waals surface area contributed by atoms with Crippen molar-refractivity contribution in [2.45, 2.75) is 39.0 Å². The highest BCUT2D eigenvalue weighted by atomic mass is 16.4. The van der Waals surface area contributed by atoms with Gasteiger partial charge in [-0.15, -0.1) is 10.2 Å². The van der Waals surface area contributed by atoms with Gasteiger partial charge in [0.15, 0.2) is 0 Å². The van der Waals surface area contributed by atoms with E-state index in [1.165, 1.54) is 18.9 Å². The summed E-state index contributed by atoms with van der Waals surface area (Å²) >= 11 is 0. The normalized spacial score (nSPS) is 11.1. The quantitative estimate of drug-likeness (QED) is 0.568. The summed E-state index contributed by atoms with van der Waals surface area (Å²) in [6.07, 6.45) is 7.61. The fourth-order valence-corrected chi connectivity index (χ4v) is 1.28. The number of carboxylic acid groups (broad SMARTS) is 1. The van der Waals surface area contributed by atoms with Gasteiger partial charge < -0.3 is 9.52 Å². The van der Waals surface area contributed by atoms with Gasteiger partial charge in [0.25, 0.3) is 0 Å². The molecule has 0 aliphatic heterocycles. The first-order valence-corrected chi connectivity index (χ1v) is 5.45. The fraction of sp³-hybridized carbons (Fsp3) is 0.545. The molecule has 16 heavy (non-hydrogen) atoms. The first kappa shape index (κ1) is 12.4. The lowest BCUT2D eigenvalue weighted by atomic mass is 10.1. The van der Waals surface area contributed by atoms with Gasteiger partial charge in [-0.05, 0) is 6.42 Å². The maximum Gasteiger partial charge on any atom is 0.328 e. The van der Waals surface area contributed by atoms with Crippen LogP contribution in [0.2, 0.25) is 0 Å². The van der Waals surface area contributed by atoms with E-state index in [1.807, 2.05) is 0 Å². The van der Waals surface area contributed by atoms with Gasteiger partial charge in [-0.1, -0.05) is 26.2 Å². The summed E-state index contributed by atoms with van der Waals surface area (Å²) < 4.78 is 5.24. The summed E-state index contributed by atoms with van der Waals surface area (Å²) in [7, 11) is 0. The summed E-state index contributed by atoms with van der Waals surface area (Å²) in [5, 5.41) is 16.0. The highest BCUT2D eigenvalue weighted by Crippen LogP contribution is 2.07. The molecule has 1 aromatic rings. The van der Waals surface area contributed by atoms with Gasteiger partial charge in [0.05, 0.1) is 0 Å². The molecule has 1 heterocycles. The highest BCUT2D eigenvalue weighted by molar-refractivity contribution is 5.84. The Labute approximate surface area is 94.2 Å². The second-order valence-electron chi connectivity index (χ2n) is 3.52. The summed E-state index contributed by atoms with van der Waals surface area (Å²) in [5.41, 5.74) is 0. The summed E-state index contributed by atoms with van der Waals surface area (Å²) in [6, 6.07) is 0. The minimum atomic E-state index is -1.03. The largest absolute Gasteiger partial charge is 0.478 e. The number of nitrogens with zero attached hydrogens (tertiary/aromatic N) is 2. The Kier molecular flexibility index (Phi) is 5.25. The van der Waals surface area contributed by atoms with Crippen LogP contribution in [0.15, 0.2) is 10.5 Å². The van der Waals surface area contributed by atoms with E-state index in [-0.39, 0.29) is 5.89 Å². The molecule has 88 valence electrons. The van der Waals surface area contributed by atoms with E-state index in [2.05, 4.69) is 17.1 Å². The average molecular weight is 224 g/mol. The Bertz CT molecular complexity index is 358. The van der Waals surface area contributed by atoms with Crippen molar-refractivity contribution in [2.75, 3.05) is 0 Å². The van der Waals surface area contributed by atoms with Crippen molar-refractivity contribution in [1.29, 1.82) is 0 Å². The van der Waals surface area contributed by atoms with Crippen LogP contribution < -0.4 is 0 Å². The highest BCUT2D eigenvalue weighted by Gasteiger charge is 2.03. The van der Waals surface area contributed by atoms with Crippen LogP contribution >= 0.6 is 0 Å². The molecule has 0 aliphatic rings. The molecule has 0 aliphatic carbocycles. The number of aryl methyl sites for hydroxylation is 1. The Balaban J connectivity index is 2.36. The second-order valence-corrected chi connectivity index (χ2v) is 3.52. The lowest BCUT2D eigenvalue weighted by molar-refractivity contribution is -0.131. The van der Waals surface area contributed by atoms with Crippen molar-refractivity contribution >= 4 is 12.0 Å². The van der Waals surface area contributed by atoms with Gasteiger partial charge in [0.2, 0.25) is 11.8 Å². The van der Waals surface area contributed by atoms with E-state index < -0.39 is 5.97 Å². The second kappa shape index (κ2) is 6.76. The zero-order chi connectivity index (χ0) is 11.8. The van der Waals surface area contributed by atoms with E-state index in [9.17, 15) is 4.79 Å². The van der Waals surface area contributed by atoms with Crippen LogP contribution in [0.25, 0.3) is 6.08 Å². The van der Waals surface area contributed by atoms with Gasteiger partial charge in [-0.3, -0.25) is 0 Å². The van der Waals surface area contributed by atoms with Crippen LogP contribution in [0.4, 0.5) is 0 Å². The van der Waals surface area contributed by atoms with Gasteiger partial charge in [0.1, 0.15) is 0 Å². The molecule has 1 N–H and O–H groups in total. The third kappa shape index (κ3) is 4.72. The van der Waals surface area contributed by atoms with Crippen LogP contribution in [0.1, 0.15) is 44.4 Å². The van der Waals surface area contributed by atoms with Crippen molar-refractivity contribution in [1.82, 2.24) is 10.2 Å². The molecule has 1 aromatic heterocycles. The Morgan fingerprint density at radius 1 is 1.38 bits per heavy atom. The van der Waals surface area contributed by atoms with E-state index in [0.29, 0.717) is 5.89 Å². The van der Waals surface area contributed by atoms with Crippen molar-refractivity contribution in [2.24, 2.45) is 0 Å². The monoisotopic (exact) mass is 224 g/mol. The van der Waals surface area contributed by atoms with E-state index in [4.69, 9.17) is 9.52 Å². The van der Waals surface area contributed by atoms with Crippen LogP contribution in [0.3, 0.4) is 0 Å². The lowest BCUT2D eigenvalue weighted by Gasteiger charge is -1.94. The minimum Gasteiger partial charge on any atom is -0.478 e. The number of rotatable bonds is 7. The molecule has 0 saturated heterocycles. The predicted molar refractivity (Wildman–Crippen MR) is 58.8 cm³/mol. The lowest BCUT2D eigenvalue weighted by Crippen LogP contribution is -1.85. The molecule has 0 unspecified atom stereocenters. The van der Waals surface area contributed by atoms with Gasteiger partial charge >= 0.3 is 5.97 Å². The Morgan fingerprint density at radius 2 is 2.19 bits per heavy atom. The van der Waals surface area contributed by atoms with Gasteiger partial charge in [0, 0.05) is 18.6 Å². The number of carbonyl (C=O) groups is 1. The zero-order valence-corrected chi connectivity index (χ0v) is 9.35. The molecule has 1 rings (SSSR count). The van der Waals surface area contributed by atoms with Crippen LogP contribution in [0, 0.1) is 0 Å². The first-order chi connectivity index (χ1) is 7.72. The van der Waals surface area contributed by atoms with E-state index in [1.54, 1.807) is 0 Å². The van der Waals surface area contributed by atoms with Crippen LogP contribution in [-0.4, -0.2) is 21.3 Å².